The molecular weight excluding hydrogens is 248 g/mol. The molecule has 0 aliphatic carbocycles. The number of nitriles is 2. The highest BCUT2D eigenvalue weighted by atomic mass is 16.5. The smallest absolute Gasteiger partial charge is 0.172 e. The monoisotopic (exact) mass is 262 g/mol. The van der Waals surface area contributed by atoms with Crippen LogP contribution in [0.5, 0.6) is 5.75 Å². The van der Waals surface area contributed by atoms with Crippen LogP contribution in [0, 0.1) is 22.7 Å². The molecule has 0 spiro atoms. The minimum atomic E-state index is -1.17. The molecule has 0 aromatic heterocycles. The highest BCUT2D eigenvalue weighted by Gasteiger charge is 2.32. The average Bonchev–Trinajstić information content (AvgIpc) is 2.54. The topological polar surface area (TPSA) is 56.8 Å². The molecule has 0 bridgehead atoms. The molecule has 3 nitrogen and oxygen atoms in total. The number of ether oxygens (including phenoxy) is 1. The van der Waals surface area contributed by atoms with Gasteiger partial charge in [-0.2, -0.15) is 10.5 Å². The van der Waals surface area contributed by atoms with Crippen molar-refractivity contribution in [2.75, 3.05) is 7.11 Å². The van der Waals surface area contributed by atoms with Crippen LogP contribution in [-0.2, 0) is 11.8 Å². The quantitative estimate of drug-likeness (QED) is 0.850. The molecule has 2 aromatic carbocycles. The first-order valence-corrected chi connectivity index (χ1v) is 6.25. The maximum atomic E-state index is 9.51. The van der Waals surface area contributed by atoms with E-state index in [1.54, 1.807) is 31.4 Å². The lowest BCUT2D eigenvalue weighted by Gasteiger charge is -2.19. The van der Waals surface area contributed by atoms with Gasteiger partial charge in [-0.1, -0.05) is 42.5 Å². The summed E-state index contributed by atoms with van der Waals surface area (Å²) in [5.74, 6) is 0.707. The summed E-state index contributed by atoms with van der Waals surface area (Å²) in [6.45, 7) is 0. The van der Waals surface area contributed by atoms with Crippen molar-refractivity contribution in [1.29, 1.82) is 10.5 Å². The van der Waals surface area contributed by atoms with E-state index in [-0.39, 0.29) is 0 Å². The van der Waals surface area contributed by atoms with E-state index in [4.69, 9.17) is 4.74 Å². The predicted molar refractivity (Wildman–Crippen MR) is 76.0 cm³/mol. The van der Waals surface area contributed by atoms with Crippen molar-refractivity contribution in [3.63, 3.8) is 0 Å². The minimum absolute atomic E-state index is 0.368. The molecule has 0 N–H and O–H groups in total. The highest BCUT2D eigenvalue weighted by Crippen LogP contribution is 2.29. The summed E-state index contributed by atoms with van der Waals surface area (Å²) < 4.78 is 5.10. The summed E-state index contributed by atoms with van der Waals surface area (Å²) in [7, 11) is 1.58. The minimum Gasteiger partial charge on any atom is -0.497 e. The second kappa shape index (κ2) is 5.91. The van der Waals surface area contributed by atoms with E-state index < -0.39 is 5.41 Å². The Kier molecular flexibility index (Phi) is 4.03. The summed E-state index contributed by atoms with van der Waals surface area (Å²) in [5, 5.41) is 19.0. The maximum Gasteiger partial charge on any atom is 0.172 e. The number of hydrogen-bond donors (Lipinski definition) is 0. The Morgan fingerprint density at radius 2 is 1.55 bits per heavy atom. The summed E-state index contributed by atoms with van der Waals surface area (Å²) in [6, 6.07) is 21.0. The molecular formula is C17H14N2O. The van der Waals surface area contributed by atoms with Crippen LogP contribution in [0.4, 0.5) is 0 Å². The van der Waals surface area contributed by atoms with Gasteiger partial charge in [0.15, 0.2) is 5.41 Å². The first-order valence-electron chi connectivity index (χ1n) is 6.25. The summed E-state index contributed by atoms with van der Waals surface area (Å²) in [6.07, 6.45) is 0.368. The summed E-state index contributed by atoms with van der Waals surface area (Å²) in [4.78, 5) is 0. The van der Waals surface area contributed by atoms with Gasteiger partial charge in [0.2, 0.25) is 0 Å². The summed E-state index contributed by atoms with van der Waals surface area (Å²) >= 11 is 0. The molecule has 0 heterocycles. The molecule has 0 amide bonds. The first kappa shape index (κ1) is 13.6. The van der Waals surface area contributed by atoms with Gasteiger partial charge >= 0.3 is 0 Å². The second-order valence-corrected chi connectivity index (χ2v) is 4.52. The molecule has 0 atom stereocenters. The molecule has 0 radical (unpaired) electrons. The van der Waals surface area contributed by atoms with E-state index in [9.17, 15) is 10.5 Å². The van der Waals surface area contributed by atoms with Gasteiger partial charge in [-0.05, 0) is 23.3 Å². The molecule has 2 aromatic rings. The van der Waals surface area contributed by atoms with Gasteiger partial charge in [-0.25, -0.2) is 0 Å². The van der Waals surface area contributed by atoms with Crippen molar-refractivity contribution in [3.05, 3.63) is 65.7 Å². The molecule has 20 heavy (non-hydrogen) atoms. The third kappa shape index (κ3) is 2.63. The van der Waals surface area contributed by atoms with E-state index in [1.807, 2.05) is 30.3 Å². The Bertz CT molecular complexity index is 634. The number of nitrogens with zero attached hydrogens (tertiary/aromatic N) is 2. The molecule has 0 unspecified atom stereocenters. The zero-order valence-electron chi connectivity index (χ0n) is 11.2. The largest absolute Gasteiger partial charge is 0.497 e. The molecule has 0 aliphatic heterocycles. The maximum absolute atomic E-state index is 9.51. The van der Waals surface area contributed by atoms with Crippen LogP contribution in [0.15, 0.2) is 54.6 Å². The van der Waals surface area contributed by atoms with Crippen LogP contribution in [0.1, 0.15) is 11.1 Å². The van der Waals surface area contributed by atoms with Crippen LogP contribution in [0.2, 0.25) is 0 Å². The molecule has 3 heteroatoms. The number of rotatable bonds is 4. The Hall–Kier alpha value is -2.78. The van der Waals surface area contributed by atoms with Crippen LogP contribution < -0.4 is 4.74 Å². The second-order valence-electron chi connectivity index (χ2n) is 4.52. The fourth-order valence-electron chi connectivity index (χ4n) is 2.11. The van der Waals surface area contributed by atoms with Crippen LogP contribution in [0.25, 0.3) is 0 Å². The van der Waals surface area contributed by atoms with E-state index in [1.165, 1.54) is 0 Å². The number of hydrogen-bond acceptors (Lipinski definition) is 3. The normalized spacial score (nSPS) is 10.3. The third-order valence-corrected chi connectivity index (χ3v) is 3.28. The Morgan fingerprint density at radius 1 is 0.950 bits per heavy atom. The molecule has 0 saturated heterocycles. The molecule has 0 saturated carbocycles. The standard InChI is InChI=1S/C17H14N2O/c1-20-16-9-7-15(8-10-16)17(12-18,13-19)11-14-5-3-2-4-6-14/h2-10H,11H2,1H3. The first-order chi connectivity index (χ1) is 9.74. The van der Waals surface area contributed by atoms with E-state index in [0.29, 0.717) is 17.7 Å². The van der Waals surface area contributed by atoms with Crippen molar-refractivity contribution in [1.82, 2.24) is 0 Å². The van der Waals surface area contributed by atoms with Gasteiger partial charge in [0, 0.05) is 6.42 Å². The van der Waals surface area contributed by atoms with Crippen molar-refractivity contribution in [2.45, 2.75) is 11.8 Å². The van der Waals surface area contributed by atoms with Crippen LogP contribution >= 0.6 is 0 Å². The Morgan fingerprint density at radius 3 is 2.05 bits per heavy atom. The van der Waals surface area contributed by atoms with Gasteiger partial charge in [0.25, 0.3) is 0 Å². The van der Waals surface area contributed by atoms with Crippen LogP contribution in [0.3, 0.4) is 0 Å². The lowest BCUT2D eigenvalue weighted by molar-refractivity contribution is 0.414. The van der Waals surface area contributed by atoms with Crippen molar-refractivity contribution in [3.8, 4) is 17.9 Å². The molecule has 2 rings (SSSR count). The van der Waals surface area contributed by atoms with Gasteiger partial charge in [0.05, 0.1) is 19.2 Å². The molecule has 98 valence electrons. The van der Waals surface area contributed by atoms with Crippen LogP contribution in [-0.4, -0.2) is 7.11 Å². The lowest BCUT2D eigenvalue weighted by Crippen LogP contribution is -2.25. The van der Waals surface area contributed by atoms with Gasteiger partial charge in [0.1, 0.15) is 5.75 Å². The molecule has 0 fully saturated rings. The SMILES string of the molecule is COc1ccc(C(C#N)(C#N)Cc2ccccc2)cc1. The fourth-order valence-corrected chi connectivity index (χ4v) is 2.11. The number of methoxy groups -OCH3 is 1. The Balaban J connectivity index is 2.39. The van der Waals surface area contributed by atoms with Gasteiger partial charge in [-0.15, -0.1) is 0 Å². The predicted octanol–water partition coefficient (Wildman–Crippen LogP) is 3.22. The average molecular weight is 262 g/mol. The van der Waals surface area contributed by atoms with E-state index in [0.717, 1.165) is 5.56 Å². The fraction of sp³-hybridized carbons (Fsp3) is 0.176. The van der Waals surface area contributed by atoms with Crippen molar-refractivity contribution < 1.29 is 4.74 Å². The van der Waals surface area contributed by atoms with Crippen molar-refractivity contribution >= 4 is 0 Å². The van der Waals surface area contributed by atoms with E-state index >= 15 is 0 Å². The number of benzene rings is 2. The zero-order valence-corrected chi connectivity index (χ0v) is 11.2. The highest BCUT2D eigenvalue weighted by molar-refractivity contribution is 5.44. The zero-order chi connectivity index (χ0) is 14.4. The van der Waals surface area contributed by atoms with Gasteiger partial charge < -0.3 is 4.74 Å². The van der Waals surface area contributed by atoms with E-state index in [2.05, 4.69) is 12.1 Å². The Labute approximate surface area is 118 Å². The summed E-state index contributed by atoms with van der Waals surface area (Å²) in [5.41, 5.74) is 0.478. The lowest BCUT2D eigenvalue weighted by atomic mass is 9.78. The van der Waals surface area contributed by atoms with Crippen molar-refractivity contribution in [2.24, 2.45) is 0 Å². The van der Waals surface area contributed by atoms with Gasteiger partial charge in [-0.3, -0.25) is 0 Å². The third-order valence-electron chi connectivity index (χ3n) is 3.28. The molecule has 0 aliphatic rings.